The molecule has 2 heterocycles. The van der Waals surface area contributed by atoms with E-state index in [0.717, 1.165) is 16.6 Å². The molecule has 7 nitrogen and oxygen atoms in total. The third-order valence-corrected chi connectivity index (χ3v) is 4.88. The second kappa shape index (κ2) is 6.83. The average Bonchev–Trinajstić information content (AvgIpc) is 2.91. The number of hydrogen-bond donors (Lipinski definition) is 4. The third kappa shape index (κ3) is 3.53. The molecule has 1 aromatic carbocycles. The number of aromatic carboxylic acids is 1. The second-order valence-electron chi connectivity index (χ2n) is 8.05. The van der Waals surface area contributed by atoms with Gasteiger partial charge in [-0.15, -0.1) is 0 Å². The first-order valence-electron chi connectivity index (χ1n) is 9.02. The summed E-state index contributed by atoms with van der Waals surface area (Å²) in [7, 11) is 2.00. The Hall–Kier alpha value is -3.06. The maximum atomic E-state index is 12.1. The van der Waals surface area contributed by atoms with Gasteiger partial charge in [-0.1, -0.05) is 6.07 Å². The van der Waals surface area contributed by atoms with Crippen LogP contribution in [0.4, 0.5) is 0 Å². The quantitative estimate of drug-likeness (QED) is 0.554. The summed E-state index contributed by atoms with van der Waals surface area (Å²) in [5, 5.41) is 23.8. The highest BCUT2D eigenvalue weighted by Crippen LogP contribution is 2.31. The van der Waals surface area contributed by atoms with Crippen LogP contribution in [-0.2, 0) is 13.6 Å². The summed E-state index contributed by atoms with van der Waals surface area (Å²) < 4.78 is 2.11. The van der Waals surface area contributed by atoms with Gasteiger partial charge in [0.1, 0.15) is 5.75 Å². The number of benzene rings is 1. The number of carboxylic acid groups (broad SMARTS) is 1. The van der Waals surface area contributed by atoms with Gasteiger partial charge in [0.2, 0.25) is 0 Å². The smallest absolute Gasteiger partial charge is 0.345 e. The predicted octanol–water partition coefficient (Wildman–Crippen LogP) is 3.13. The van der Waals surface area contributed by atoms with Crippen LogP contribution in [0.25, 0.3) is 22.2 Å². The van der Waals surface area contributed by atoms with Crippen LogP contribution < -0.4 is 10.9 Å². The first-order chi connectivity index (χ1) is 13.0. The Bertz CT molecular complexity index is 1130. The third-order valence-electron chi connectivity index (χ3n) is 4.88. The number of hydrogen-bond acceptors (Lipinski definition) is 4. The molecule has 0 radical (unpaired) electrons. The lowest BCUT2D eigenvalue weighted by Crippen LogP contribution is -2.35. The zero-order valence-corrected chi connectivity index (χ0v) is 16.7. The van der Waals surface area contributed by atoms with Crippen molar-refractivity contribution in [3.8, 4) is 17.0 Å². The number of aromatic nitrogens is 2. The molecule has 2 aromatic heterocycles. The van der Waals surface area contributed by atoms with Crippen molar-refractivity contribution in [3.63, 3.8) is 0 Å². The fourth-order valence-corrected chi connectivity index (χ4v) is 3.26. The molecule has 0 bridgehead atoms. The van der Waals surface area contributed by atoms with E-state index in [0.29, 0.717) is 23.4 Å². The molecule has 0 aliphatic heterocycles. The highest BCUT2D eigenvalue weighted by Gasteiger charge is 2.21. The Labute approximate surface area is 162 Å². The Morgan fingerprint density at radius 2 is 1.93 bits per heavy atom. The van der Waals surface area contributed by atoms with Gasteiger partial charge in [-0.3, -0.25) is 4.79 Å². The largest absolute Gasteiger partial charge is 0.506 e. The molecule has 0 aliphatic rings. The number of carboxylic acids is 1. The molecule has 148 valence electrons. The van der Waals surface area contributed by atoms with E-state index in [-0.39, 0.29) is 5.54 Å². The number of aromatic amines is 1. The van der Waals surface area contributed by atoms with Gasteiger partial charge < -0.3 is 25.1 Å². The van der Waals surface area contributed by atoms with E-state index in [1.165, 1.54) is 0 Å². The number of aryl methyl sites for hydroxylation is 1. The number of nitrogens with one attached hydrogen (secondary N) is 2. The van der Waals surface area contributed by atoms with Crippen molar-refractivity contribution >= 4 is 16.9 Å². The van der Waals surface area contributed by atoms with Crippen molar-refractivity contribution in [2.45, 2.75) is 39.8 Å². The van der Waals surface area contributed by atoms with Crippen molar-refractivity contribution < 1.29 is 15.0 Å². The van der Waals surface area contributed by atoms with Crippen molar-refractivity contribution in [2.75, 3.05) is 0 Å². The second-order valence-corrected chi connectivity index (χ2v) is 8.05. The van der Waals surface area contributed by atoms with E-state index in [1.54, 1.807) is 6.92 Å². The zero-order chi connectivity index (χ0) is 20.8. The van der Waals surface area contributed by atoms with E-state index in [9.17, 15) is 14.7 Å². The molecule has 0 aliphatic carbocycles. The van der Waals surface area contributed by atoms with Gasteiger partial charge in [-0.05, 0) is 51.5 Å². The molecule has 0 unspecified atom stereocenters. The highest BCUT2D eigenvalue weighted by molar-refractivity contribution is 5.92. The Balaban J connectivity index is 2.08. The van der Waals surface area contributed by atoms with Crippen LogP contribution in [0.15, 0.2) is 29.1 Å². The van der Waals surface area contributed by atoms with Crippen LogP contribution >= 0.6 is 0 Å². The maximum absolute atomic E-state index is 12.1. The maximum Gasteiger partial charge on any atom is 0.345 e. The van der Waals surface area contributed by atoms with Crippen LogP contribution in [-0.4, -0.2) is 31.3 Å². The summed E-state index contributed by atoms with van der Waals surface area (Å²) in [6, 6.07) is 7.80. The van der Waals surface area contributed by atoms with Gasteiger partial charge in [-0.25, -0.2) is 4.79 Å². The Kier molecular flexibility index (Phi) is 4.81. The van der Waals surface area contributed by atoms with Crippen molar-refractivity contribution in [1.29, 1.82) is 0 Å². The molecule has 3 aromatic rings. The predicted molar refractivity (Wildman–Crippen MR) is 109 cm³/mol. The Morgan fingerprint density at radius 1 is 1.25 bits per heavy atom. The van der Waals surface area contributed by atoms with E-state index >= 15 is 0 Å². The highest BCUT2D eigenvalue weighted by atomic mass is 16.4. The van der Waals surface area contributed by atoms with Crippen LogP contribution in [0.5, 0.6) is 5.75 Å². The summed E-state index contributed by atoms with van der Waals surface area (Å²) >= 11 is 0. The molecule has 0 atom stereocenters. The zero-order valence-electron chi connectivity index (χ0n) is 16.7. The summed E-state index contributed by atoms with van der Waals surface area (Å²) in [5.74, 6) is -1.96. The molecular weight excluding hydrogens is 358 g/mol. The van der Waals surface area contributed by atoms with Gasteiger partial charge in [-0.2, -0.15) is 0 Å². The lowest BCUT2D eigenvalue weighted by Gasteiger charge is -2.20. The Morgan fingerprint density at radius 3 is 2.54 bits per heavy atom. The van der Waals surface area contributed by atoms with Crippen molar-refractivity contribution in [2.24, 2.45) is 7.05 Å². The van der Waals surface area contributed by atoms with E-state index in [1.807, 2.05) is 25.2 Å². The minimum Gasteiger partial charge on any atom is -0.506 e. The standard InChI is InChI=1S/C21H25N3O4/c1-11-17(23-19(26)16(18(11)25)20(27)28)12-6-7-15-13(8-12)9-14(24(15)5)10-22-21(2,3)4/h6-9,22H,10H2,1-5H3,(H,27,28)(H2,23,25,26). The molecule has 0 saturated carbocycles. The SMILES string of the molecule is Cc1c(-c2ccc3c(c2)cc(CNC(C)(C)C)n3C)[nH]c(=O)c(C(=O)O)c1O. The van der Waals surface area contributed by atoms with Crippen LogP contribution in [0.2, 0.25) is 0 Å². The molecule has 28 heavy (non-hydrogen) atoms. The first kappa shape index (κ1) is 19.7. The number of carbonyl (C=O) groups is 1. The molecule has 0 amide bonds. The summed E-state index contributed by atoms with van der Waals surface area (Å²) in [6.07, 6.45) is 0. The number of H-pyrrole nitrogens is 1. The van der Waals surface area contributed by atoms with Crippen LogP contribution in [0, 0.1) is 6.92 Å². The van der Waals surface area contributed by atoms with E-state index in [2.05, 4.69) is 41.7 Å². The topological polar surface area (TPSA) is 107 Å². The van der Waals surface area contributed by atoms with Gasteiger partial charge in [0, 0.05) is 41.3 Å². The fraction of sp³-hybridized carbons (Fsp3) is 0.333. The minimum absolute atomic E-state index is 0.00161. The first-order valence-corrected chi connectivity index (χ1v) is 9.02. The lowest BCUT2D eigenvalue weighted by molar-refractivity contribution is 0.0691. The average molecular weight is 383 g/mol. The number of rotatable bonds is 4. The number of nitrogens with zero attached hydrogens (tertiary/aromatic N) is 1. The molecule has 4 N–H and O–H groups in total. The number of fused-ring (bicyclic) bond motifs is 1. The molecule has 0 fully saturated rings. The molecule has 0 saturated heterocycles. The van der Waals surface area contributed by atoms with Crippen molar-refractivity contribution in [3.05, 3.63) is 51.4 Å². The summed E-state index contributed by atoms with van der Waals surface area (Å²) in [5.41, 5.74) is 2.13. The summed E-state index contributed by atoms with van der Waals surface area (Å²) in [6.45, 7) is 8.63. The van der Waals surface area contributed by atoms with Crippen LogP contribution in [0.3, 0.4) is 0 Å². The molecular formula is C21H25N3O4. The normalized spacial score (nSPS) is 11.9. The molecule has 3 rings (SSSR count). The van der Waals surface area contributed by atoms with Crippen LogP contribution in [0.1, 0.15) is 42.4 Å². The van der Waals surface area contributed by atoms with Gasteiger partial charge in [0.15, 0.2) is 5.56 Å². The van der Waals surface area contributed by atoms with Gasteiger partial charge in [0.05, 0.1) is 5.69 Å². The monoisotopic (exact) mass is 383 g/mol. The lowest BCUT2D eigenvalue weighted by atomic mass is 10.0. The summed E-state index contributed by atoms with van der Waals surface area (Å²) in [4.78, 5) is 25.9. The van der Waals surface area contributed by atoms with Gasteiger partial charge in [0.25, 0.3) is 5.56 Å². The van der Waals surface area contributed by atoms with E-state index < -0.39 is 22.8 Å². The molecule has 0 spiro atoms. The minimum atomic E-state index is -1.46. The van der Waals surface area contributed by atoms with Gasteiger partial charge >= 0.3 is 5.97 Å². The number of aromatic hydroxyl groups is 1. The van der Waals surface area contributed by atoms with Crippen molar-refractivity contribution in [1.82, 2.24) is 14.9 Å². The molecule has 7 heteroatoms. The number of pyridine rings is 1. The van der Waals surface area contributed by atoms with E-state index in [4.69, 9.17) is 5.11 Å². The fourth-order valence-electron chi connectivity index (χ4n) is 3.26.